The summed E-state index contributed by atoms with van der Waals surface area (Å²) in [5.41, 5.74) is 0. The highest BCUT2D eigenvalue weighted by atomic mass is 32.1. The minimum atomic E-state index is -0.833. The molecule has 0 bridgehead atoms. The minimum Gasteiger partial charge on any atom is -0.480 e. The van der Waals surface area contributed by atoms with E-state index in [9.17, 15) is 4.79 Å². The number of aliphatic carboxylic acids is 1. The van der Waals surface area contributed by atoms with Crippen LogP contribution in [0.4, 0.5) is 0 Å². The molecule has 0 fully saturated rings. The summed E-state index contributed by atoms with van der Waals surface area (Å²) in [6.07, 6.45) is 0.928. The number of nitrogens with one attached hydrogen (secondary N) is 1. The molecule has 2 atom stereocenters. The summed E-state index contributed by atoms with van der Waals surface area (Å²) in [6.45, 7) is 3.97. The van der Waals surface area contributed by atoms with Crippen molar-refractivity contribution in [2.45, 2.75) is 32.4 Å². The van der Waals surface area contributed by atoms with Gasteiger partial charge in [0.2, 0.25) is 0 Å². The molecule has 0 aromatic rings. The molecule has 0 aliphatic rings. The molecule has 0 aromatic heterocycles. The first-order chi connectivity index (χ1) is 5.11. The molecule has 2 N–H and O–H groups in total. The van der Waals surface area contributed by atoms with Crippen LogP contribution in [-0.2, 0) is 4.79 Å². The van der Waals surface area contributed by atoms with E-state index in [2.05, 4.69) is 17.9 Å². The fraction of sp³-hybridized carbons (Fsp3) is 0.857. The van der Waals surface area contributed by atoms with Crippen molar-refractivity contribution >= 4 is 18.6 Å². The highest BCUT2D eigenvalue weighted by Crippen LogP contribution is 1.94. The second kappa shape index (κ2) is 5.43. The Balaban J connectivity index is 3.77. The summed E-state index contributed by atoms with van der Waals surface area (Å²) in [4.78, 5) is 10.5. The molecule has 3 nitrogen and oxygen atoms in total. The number of carboxylic acid groups (broad SMARTS) is 1. The predicted octanol–water partition coefficient (Wildman–Crippen LogP) is 0.758. The maximum absolute atomic E-state index is 10.5. The maximum atomic E-state index is 10.5. The number of rotatable bonds is 5. The number of hydrogen-bond acceptors (Lipinski definition) is 3. The van der Waals surface area contributed by atoms with Crippen LogP contribution >= 0.6 is 12.6 Å². The lowest BCUT2D eigenvalue weighted by atomic mass is 10.2. The summed E-state index contributed by atoms with van der Waals surface area (Å²) in [6, 6.07) is -0.281. The molecule has 0 saturated heterocycles. The largest absolute Gasteiger partial charge is 0.480 e. The predicted molar refractivity (Wildman–Crippen MR) is 48.2 cm³/mol. The Morgan fingerprint density at radius 1 is 1.73 bits per heavy atom. The zero-order valence-corrected chi connectivity index (χ0v) is 7.77. The maximum Gasteiger partial charge on any atom is 0.321 e. The van der Waals surface area contributed by atoms with E-state index in [4.69, 9.17) is 5.11 Å². The zero-order valence-electron chi connectivity index (χ0n) is 6.87. The molecule has 0 aliphatic carbocycles. The normalized spacial score (nSPS) is 15.9. The van der Waals surface area contributed by atoms with Gasteiger partial charge in [-0.05, 0) is 13.3 Å². The van der Waals surface area contributed by atoms with Crippen molar-refractivity contribution in [3.8, 4) is 0 Å². The van der Waals surface area contributed by atoms with E-state index in [1.54, 1.807) is 0 Å². The molecule has 1 unspecified atom stereocenters. The van der Waals surface area contributed by atoms with E-state index in [-0.39, 0.29) is 6.04 Å². The van der Waals surface area contributed by atoms with Crippen LogP contribution in [0.1, 0.15) is 20.3 Å². The van der Waals surface area contributed by atoms with Crippen LogP contribution in [0.25, 0.3) is 0 Å². The molecule has 66 valence electrons. The third-order valence-electron chi connectivity index (χ3n) is 1.58. The molecule has 0 aliphatic heterocycles. The highest BCUT2D eigenvalue weighted by Gasteiger charge is 2.16. The number of carbonyl (C=O) groups is 1. The van der Waals surface area contributed by atoms with Crippen LogP contribution in [0, 0.1) is 0 Å². The van der Waals surface area contributed by atoms with Gasteiger partial charge in [0, 0.05) is 11.8 Å². The van der Waals surface area contributed by atoms with Crippen molar-refractivity contribution in [1.29, 1.82) is 0 Å². The van der Waals surface area contributed by atoms with Gasteiger partial charge in [-0.3, -0.25) is 4.79 Å². The molecular formula is C7H15NO2S. The molecule has 0 heterocycles. The Morgan fingerprint density at radius 2 is 2.27 bits per heavy atom. The third-order valence-corrected chi connectivity index (χ3v) is 1.94. The lowest BCUT2D eigenvalue weighted by molar-refractivity contribution is -0.139. The van der Waals surface area contributed by atoms with E-state index in [0.717, 1.165) is 6.42 Å². The monoisotopic (exact) mass is 177 g/mol. The lowest BCUT2D eigenvalue weighted by Crippen LogP contribution is -2.43. The summed E-state index contributed by atoms with van der Waals surface area (Å²) in [5, 5.41) is 11.5. The number of carboxylic acids is 1. The van der Waals surface area contributed by atoms with Gasteiger partial charge in [0.15, 0.2) is 0 Å². The van der Waals surface area contributed by atoms with Gasteiger partial charge in [-0.15, -0.1) is 0 Å². The van der Waals surface area contributed by atoms with Crippen LogP contribution in [0.15, 0.2) is 0 Å². The Hall–Kier alpha value is -0.220. The molecule has 0 saturated carbocycles. The van der Waals surface area contributed by atoms with Gasteiger partial charge in [0.05, 0.1) is 0 Å². The summed E-state index contributed by atoms with van der Waals surface area (Å²) in [5.74, 6) is -0.500. The van der Waals surface area contributed by atoms with Crippen molar-refractivity contribution in [3.63, 3.8) is 0 Å². The Labute approximate surface area is 72.6 Å². The van der Waals surface area contributed by atoms with Gasteiger partial charge < -0.3 is 10.4 Å². The van der Waals surface area contributed by atoms with E-state index < -0.39 is 12.0 Å². The van der Waals surface area contributed by atoms with Gasteiger partial charge in [-0.25, -0.2) is 0 Å². The molecule has 4 heteroatoms. The first kappa shape index (κ1) is 10.8. The summed E-state index contributed by atoms with van der Waals surface area (Å²) >= 11 is 3.93. The molecule has 0 spiro atoms. The standard InChI is InChI=1S/C7H15NO2S/c1-3-5(2)8-6(4-11)7(9)10/h5-6,8,11H,3-4H2,1-2H3,(H,9,10)/t5?,6-/m1/s1. The Kier molecular flexibility index (Phi) is 5.32. The quantitative estimate of drug-likeness (QED) is 0.543. The van der Waals surface area contributed by atoms with Crippen molar-refractivity contribution in [2.24, 2.45) is 0 Å². The third kappa shape index (κ3) is 4.27. The number of hydrogen-bond donors (Lipinski definition) is 3. The minimum absolute atomic E-state index is 0.239. The average Bonchev–Trinajstić information content (AvgIpc) is 1.99. The molecule has 11 heavy (non-hydrogen) atoms. The average molecular weight is 177 g/mol. The van der Waals surface area contributed by atoms with Crippen LogP contribution in [0.3, 0.4) is 0 Å². The van der Waals surface area contributed by atoms with Crippen LogP contribution in [0.2, 0.25) is 0 Å². The molecular weight excluding hydrogens is 162 g/mol. The van der Waals surface area contributed by atoms with Crippen molar-refractivity contribution in [3.05, 3.63) is 0 Å². The smallest absolute Gasteiger partial charge is 0.321 e. The molecule has 0 rings (SSSR count). The van der Waals surface area contributed by atoms with Gasteiger partial charge in [0.25, 0.3) is 0 Å². The van der Waals surface area contributed by atoms with Gasteiger partial charge in [-0.2, -0.15) is 12.6 Å². The second-order valence-corrected chi connectivity index (χ2v) is 2.91. The van der Waals surface area contributed by atoms with Crippen LogP contribution < -0.4 is 5.32 Å². The summed E-state index contributed by atoms with van der Waals surface area (Å²) in [7, 11) is 0. The van der Waals surface area contributed by atoms with Crippen LogP contribution in [0.5, 0.6) is 0 Å². The van der Waals surface area contributed by atoms with Crippen LogP contribution in [-0.4, -0.2) is 28.9 Å². The van der Waals surface area contributed by atoms with E-state index in [1.807, 2.05) is 13.8 Å². The first-order valence-corrected chi connectivity index (χ1v) is 4.34. The topological polar surface area (TPSA) is 49.3 Å². The fourth-order valence-electron chi connectivity index (χ4n) is 0.663. The molecule has 0 amide bonds. The first-order valence-electron chi connectivity index (χ1n) is 3.71. The SMILES string of the molecule is CCC(C)N[C@H](CS)C(=O)O. The van der Waals surface area contributed by atoms with Crippen molar-refractivity contribution in [1.82, 2.24) is 5.32 Å². The second-order valence-electron chi connectivity index (χ2n) is 2.55. The Morgan fingerprint density at radius 3 is 2.55 bits per heavy atom. The fourth-order valence-corrected chi connectivity index (χ4v) is 0.925. The van der Waals surface area contributed by atoms with E-state index >= 15 is 0 Å². The highest BCUT2D eigenvalue weighted by molar-refractivity contribution is 7.80. The molecule has 0 aromatic carbocycles. The van der Waals surface area contributed by atoms with Gasteiger partial charge in [0.1, 0.15) is 6.04 Å². The van der Waals surface area contributed by atoms with E-state index in [0.29, 0.717) is 5.75 Å². The van der Waals surface area contributed by atoms with Crippen molar-refractivity contribution < 1.29 is 9.90 Å². The molecule has 0 radical (unpaired) electrons. The lowest BCUT2D eigenvalue weighted by Gasteiger charge is -2.16. The summed E-state index contributed by atoms with van der Waals surface area (Å²) < 4.78 is 0. The number of thiol groups is 1. The van der Waals surface area contributed by atoms with E-state index in [1.165, 1.54) is 0 Å². The zero-order chi connectivity index (χ0) is 8.85. The Bertz CT molecular complexity index is 130. The van der Waals surface area contributed by atoms with Crippen molar-refractivity contribution in [2.75, 3.05) is 5.75 Å². The van der Waals surface area contributed by atoms with Gasteiger partial charge >= 0.3 is 5.97 Å². The van der Waals surface area contributed by atoms with Gasteiger partial charge in [-0.1, -0.05) is 6.92 Å².